The van der Waals surface area contributed by atoms with E-state index in [2.05, 4.69) is 25.5 Å². The van der Waals surface area contributed by atoms with Crippen molar-refractivity contribution in [3.8, 4) is 5.75 Å². The third kappa shape index (κ3) is 1.96. The number of ether oxygens (including phenoxy) is 1. The summed E-state index contributed by atoms with van der Waals surface area (Å²) in [6.07, 6.45) is 2.90. The van der Waals surface area contributed by atoms with Crippen molar-refractivity contribution in [3.63, 3.8) is 0 Å². The van der Waals surface area contributed by atoms with E-state index >= 15 is 0 Å². The highest BCUT2D eigenvalue weighted by Crippen LogP contribution is 2.36. The molecule has 0 amide bonds. The van der Waals surface area contributed by atoms with Crippen LogP contribution in [0.4, 0.5) is 11.6 Å². The summed E-state index contributed by atoms with van der Waals surface area (Å²) in [5.41, 5.74) is 0. The molecule has 0 spiro atoms. The van der Waals surface area contributed by atoms with Gasteiger partial charge in [-0.2, -0.15) is 0 Å². The Bertz CT molecular complexity index is 438. The molecule has 2 atom stereocenters. The Balaban J connectivity index is 1.88. The van der Waals surface area contributed by atoms with Crippen molar-refractivity contribution in [2.24, 2.45) is 0 Å². The van der Waals surface area contributed by atoms with Gasteiger partial charge in [-0.3, -0.25) is 0 Å². The predicted octanol–water partition coefficient (Wildman–Crippen LogP) is 0.467. The van der Waals surface area contributed by atoms with Crippen LogP contribution in [0.15, 0.2) is 6.33 Å². The fourth-order valence-corrected chi connectivity index (χ4v) is 2.50. The molecule has 1 fully saturated rings. The molecule has 1 aromatic rings. The van der Waals surface area contributed by atoms with Gasteiger partial charge in [-0.15, -0.1) is 0 Å². The van der Waals surface area contributed by atoms with Crippen LogP contribution in [0.2, 0.25) is 0 Å². The maximum Gasteiger partial charge on any atom is 0.204 e. The predicted molar refractivity (Wildman–Crippen MR) is 70.3 cm³/mol. The smallest absolute Gasteiger partial charge is 0.204 e. The molecule has 0 aliphatic carbocycles. The minimum Gasteiger partial charge on any atom is -0.482 e. The lowest BCUT2D eigenvalue weighted by molar-refractivity contribution is 0.224. The molecule has 3 rings (SSSR count). The summed E-state index contributed by atoms with van der Waals surface area (Å²) >= 11 is 0. The monoisotopic (exact) mass is 249 g/mol. The van der Waals surface area contributed by atoms with Gasteiger partial charge in [-0.25, -0.2) is 9.97 Å². The standard InChI is InChI=1S/C12H19N5O/c1-8-5-14-11-10(18-8)12(16-7-15-11)17-4-3-9(6-17)13-2/h7-9,13H,3-6H2,1-2H3,(H,14,15,16)/t8?,9-/m1/s1. The molecular weight excluding hydrogens is 230 g/mol. The molecule has 6 heteroatoms. The molecular formula is C12H19N5O. The van der Waals surface area contributed by atoms with Gasteiger partial charge in [-0.1, -0.05) is 0 Å². The highest BCUT2D eigenvalue weighted by atomic mass is 16.5. The minimum absolute atomic E-state index is 0.157. The fraction of sp³-hybridized carbons (Fsp3) is 0.667. The number of hydrogen-bond acceptors (Lipinski definition) is 6. The van der Waals surface area contributed by atoms with Crippen LogP contribution in [-0.4, -0.2) is 48.8 Å². The lowest BCUT2D eigenvalue weighted by Gasteiger charge is -2.28. The maximum atomic E-state index is 5.89. The van der Waals surface area contributed by atoms with Gasteiger partial charge in [0.15, 0.2) is 11.6 Å². The quantitative estimate of drug-likeness (QED) is 0.794. The van der Waals surface area contributed by atoms with Gasteiger partial charge in [0.2, 0.25) is 5.75 Å². The first-order valence-electron chi connectivity index (χ1n) is 6.45. The number of nitrogens with zero attached hydrogens (tertiary/aromatic N) is 3. The number of rotatable bonds is 2. The van der Waals surface area contributed by atoms with E-state index in [1.54, 1.807) is 6.33 Å². The normalized spacial score (nSPS) is 26.4. The van der Waals surface area contributed by atoms with Crippen molar-refractivity contribution in [2.75, 3.05) is 36.9 Å². The van der Waals surface area contributed by atoms with E-state index in [-0.39, 0.29) is 6.10 Å². The second kappa shape index (κ2) is 4.61. The zero-order chi connectivity index (χ0) is 12.5. The van der Waals surface area contributed by atoms with E-state index in [0.717, 1.165) is 43.4 Å². The molecule has 98 valence electrons. The summed E-state index contributed by atoms with van der Waals surface area (Å²) in [5, 5.41) is 6.59. The summed E-state index contributed by atoms with van der Waals surface area (Å²) in [4.78, 5) is 10.9. The average Bonchev–Trinajstić information content (AvgIpc) is 2.86. The number of hydrogen-bond donors (Lipinski definition) is 2. The molecule has 3 heterocycles. The first-order chi connectivity index (χ1) is 8.78. The Morgan fingerprint density at radius 2 is 2.39 bits per heavy atom. The zero-order valence-electron chi connectivity index (χ0n) is 10.8. The van der Waals surface area contributed by atoms with Crippen molar-refractivity contribution >= 4 is 11.6 Å². The molecule has 0 radical (unpaired) electrons. The van der Waals surface area contributed by atoms with Crippen LogP contribution in [0, 0.1) is 0 Å². The SMILES string of the molecule is CN[C@@H]1CCN(c2ncnc3c2OC(C)CN3)C1. The summed E-state index contributed by atoms with van der Waals surface area (Å²) in [6, 6.07) is 0.532. The second-order valence-electron chi connectivity index (χ2n) is 4.90. The molecule has 0 bridgehead atoms. The van der Waals surface area contributed by atoms with Crippen molar-refractivity contribution in [1.82, 2.24) is 15.3 Å². The maximum absolute atomic E-state index is 5.89. The lowest BCUT2D eigenvalue weighted by Crippen LogP contribution is -2.33. The first-order valence-corrected chi connectivity index (χ1v) is 6.45. The van der Waals surface area contributed by atoms with Gasteiger partial charge >= 0.3 is 0 Å². The van der Waals surface area contributed by atoms with E-state index in [0.29, 0.717) is 6.04 Å². The lowest BCUT2D eigenvalue weighted by atomic mass is 10.3. The van der Waals surface area contributed by atoms with Crippen LogP contribution in [0.25, 0.3) is 0 Å². The Kier molecular flexibility index (Phi) is 2.95. The van der Waals surface area contributed by atoms with Gasteiger partial charge in [-0.05, 0) is 20.4 Å². The number of fused-ring (bicyclic) bond motifs is 1. The van der Waals surface area contributed by atoms with Gasteiger partial charge in [0.1, 0.15) is 12.4 Å². The summed E-state index contributed by atoms with van der Waals surface area (Å²) in [7, 11) is 2.00. The van der Waals surface area contributed by atoms with E-state index < -0.39 is 0 Å². The number of nitrogens with one attached hydrogen (secondary N) is 2. The van der Waals surface area contributed by atoms with Crippen LogP contribution in [0.1, 0.15) is 13.3 Å². The molecule has 2 aliphatic heterocycles. The summed E-state index contributed by atoms with van der Waals surface area (Å²) in [6.45, 7) is 4.82. The van der Waals surface area contributed by atoms with Gasteiger partial charge in [0.05, 0.1) is 6.54 Å². The molecule has 18 heavy (non-hydrogen) atoms. The Labute approximate surface area is 107 Å². The van der Waals surface area contributed by atoms with Crippen LogP contribution in [-0.2, 0) is 0 Å². The molecule has 2 N–H and O–H groups in total. The van der Waals surface area contributed by atoms with Crippen LogP contribution < -0.4 is 20.3 Å². The summed E-state index contributed by atoms with van der Waals surface area (Å²) in [5.74, 6) is 2.52. The highest BCUT2D eigenvalue weighted by Gasteiger charge is 2.28. The molecule has 1 unspecified atom stereocenters. The molecule has 1 saturated heterocycles. The van der Waals surface area contributed by atoms with Crippen molar-refractivity contribution in [1.29, 1.82) is 0 Å². The Morgan fingerprint density at radius 1 is 1.50 bits per heavy atom. The average molecular weight is 249 g/mol. The third-order valence-electron chi connectivity index (χ3n) is 3.56. The third-order valence-corrected chi connectivity index (χ3v) is 3.56. The largest absolute Gasteiger partial charge is 0.482 e. The molecule has 0 aromatic carbocycles. The topological polar surface area (TPSA) is 62.3 Å². The first kappa shape index (κ1) is 11.5. The zero-order valence-corrected chi connectivity index (χ0v) is 10.8. The Hall–Kier alpha value is -1.56. The number of likely N-dealkylation sites (N-methyl/N-ethyl adjacent to an activating group) is 1. The fourth-order valence-electron chi connectivity index (χ4n) is 2.50. The van der Waals surface area contributed by atoms with E-state index in [4.69, 9.17) is 4.74 Å². The molecule has 6 nitrogen and oxygen atoms in total. The van der Waals surface area contributed by atoms with Crippen LogP contribution in [0.3, 0.4) is 0 Å². The van der Waals surface area contributed by atoms with Crippen molar-refractivity contribution in [3.05, 3.63) is 6.33 Å². The molecule has 0 saturated carbocycles. The van der Waals surface area contributed by atoms with Crippen molar-refractivity contribution in [2.45, 2.75) is 25.5 Å². The number of anilines is 2. The molecule has 1 aromatic heterocycles. The van der Waals surface area contributed by atoms with E-state index in [1.165, 1.54) is 0 Å². The van der Waals surface area contributed by atoms with Gasteiger partial charge in [0.25, 0.3) is 0 Å². The van der Waals surface area contributed by atoms with E-state index in [1.807, 2.05) is 14.0 Å². The summed E-state index contributed by atoms with van der Waals surface area (Å²) < 4.78 is 5.89. The minimum atomic E-state index is 0.157. The van der Waals surface area contributed by atoms with Crippen LogP contribution >= 0.6 is 0 Å². The molecule has 2 aliphatic rings. The van der Waals surface area contributed by atoms with Crippen LogP contribution in [0.5, 0.6) is 5.75 Å². The van der Waals surface area contributed by atoms with E-state index in [9.17, 15) is 0 Å². The van der Waals surface area contributed by atoms with Gasteiger partial charge < -0.3 is 20.3 Å². The highest BCUT2D eigenvalue weighted by molar-refractivity contribution is 5.66. The van der Waals surface area contributed by atoms with Gasteiger partial charge in [0, 0.05) is 19.1 Å². The van der Waals surface area contributed by atoms with Crippen molar-refractivity contribution < 1.29 is 4.74 Å². The Morgan fingerprint density at radius 3 is 3.17 bits per heavy atom. The number of aromatic nitrogens is 2. The second-order valence-corrected chi connectivity index (χ2v) is 4.90.